The highest BCUT2D eigenvalue weighted by Gasteiger charge is 2.44. The second-order valence-electron chi connectivity index (χ2n) is 5.05. The van der Waals surface area contributed by atoms with Crippen molar-refractivity contribution >= 4 is 11.9 Å². The average molecular weight is 295 g/mol. The van der Waals surface area contributed by atoms with Gasteiger partial charge in [0.25, 0.3) is 0 Å². The first-order chi connectivity index (χ1) is 10.0. The first kappa shape index (κ1) is 15.4. The molecule has 0 bridgehead atoms. The number of carboxylic acid groups (broad SMARTS) is 1. The van der Waals surface area contributed by atoms with E-state index in [2.05, 4.69) is 5.32 Å². The number of ether oxygens (including phenoxy) is 1. The quantitative estimate of drug-likeness (QED) is 0.805. The van der Waals surface area contributed by atoms with Crippen LogP contribution >= 0.6 is 0 Å². The standard InChI is InChI=1S/C15H18FNO4/c1-2-21-13-7-11(13)15(20)17-12(8-14(18)19)9-3-5-10(16)6-4-9/h3-6,11-13H,2,7-8H2,1H3,(H,17,20)(H,18,19)/t11-,12+,13+/m0/s1. The molecule has 2 rings (SSSR count). The molecule has 0 heterocycles. The molecule has 6 heteroatoms. The van der Waals surface area contributed by atoms with E-state index in [0.717, 1.165) is 0 Å². The van der Waals surface area contributed by atoms with Crippen molar-refractivity contribution in [1.82, 2.24) is 5.32 Å². The van der Waals surface area contributed by atoms with Crippen LogP contribution in [0.1, 0.15) is 31.4 Å². The van der Waals surface area contributed by atoms with Gasteiger partial charge < -0.3 is 15.2 Å². The lowest BCUT2D eigenvalue weighted by molar-refractivity contribution is -0.137. The molecule has 0 radical (unpaired) electrons. The highest BCUT2D eigenvalue weighted by Crippen LogP contribution is 2.34. The van der Waals surface area contributed by atoms with Crippen molar-refractivity contribution in [3.63, 3.8) is 0 Å². The van der Waals surface area contributed by atoms with Crippen molar-refractivity contribution < 1.29 is 23.8 Å². The second kappa shape index (κ2) is 6.67. The third kappa shape index (κ3) is 4.26. The van der Waals surface area contributed by atoms with E-state index < -0.39 is 17.8 Å². The molecule has 1 amide bonds. The summed E-state index contributed by atoms with van der Waals surface area (Å²) in [4.78, 5) is 23.0. The molecule has 1 aliphatic rings. The third-order valence-corrected chi connectivity index (χ3v) is 3.42. The number of carbonyl (C=O) groups excluding carboxylic acids is 1. The maximum Gasteiger partial charge on any atom is 0.305 e. The highest BCUT2D eigenvalue weighted by molar-refractivity contribution is 5.83. The summed E-state index contributed by atoms with van der Waals surface area (Å²) in [5, 5.41) is 11.7. The number of rotatable bonds is 7. The Morgan fingerprint density at radius 3 is 2.67 bits per heavy atom. The number of benzene rings is 1. The van der Waals surface area contributed by atoms with Gasteiger partial charge in [0.2, 0.25) is 5.91 Å². The van der Waals surface area contributed by atoms with Crippen molar-refractivity contribution in [2.24, 2.45) is 5.92 Å². The van der Waals surface area contributed by atoms with Gasteiger partial charge >= 0.3 is 5.97 Å². The van der Waals surface area contributed by atoms with Crippen LogP contribution in [0.5, 0.6) is 0 Å². The Morgan fingerprint density at radius 2 is 2.10 bits per heavy atom. The zero-order chi connectivity index (χ0) is 15.4. The number of carbonyl (C=O) groups is 2. The molecule has 0 spiro atoms. The van der Waals surface area contributed by atoms with Gasteiger partial charge in [-0.1, -0.05) is 12.1 Å². The summed E-state index contributed by atoms with van der Waals surface area (Å²) in [6.45, 7) is 2.41. The number of nitrogens with one attached hydrogen (secondary N) is 1. The molecule has 114 valence electrons. The van der Waals surface area contributed by atoms with Gasteiger partial charge in [0.1, 0.15) is 5.82 Å². The van der Waals surface area contributed by atoms with Crippen LogP contribution in [-0.4, -0.2) is 29.7 Å². The van der Waals surface area contributed by atoms with Gasteiger partial charge in [0.05, 0.1) is 24.5 Å². The van der Waals surface area contributed by atoms with E-state index in [4.69, 9.17) is 9.84 Å². The fourth-order valence-corrected chi connectivity index (χ4v) is 2.25. The SMILES string of the molecule is CCO[C@@H]1C[C@@H]1C(=O)N[C@H](CC(=O)O)c1ccc(F)cc1. The summed E-state index contributed by atoms with van der Waals surface area (Å²) in [6, 6.07) is 4.79. The van der Waals surface area contributed by atoms with E-state index >= 15 is 0 Å². The summed E-state index contributed by atoms with van der Waals surface area (Å²) in [6.07, 6.45) is 0.334. The minimum Gasteiger partial charge on any atom is -0.481 e. The average Bonchev–Trinajstić information content (AvgIpc) is 3.18. The van der Waals surface area contributed by atoms with Gasteiger partial charge in [0.15, 0.2) is 0 Å². The molecule has 5 nitrogen and oxygen atoms in total. The molecule has 1 fully saturated rings. The van der Waals surface area contributed by atoms with Crippen molar-refractivity contribution in [2.75, 3.05) is 6.61 Å². The zero-order valence-electron chi connectivity index (χ0n) is 11.7. The first-order valence-electron chi connectivity index (χ1n) is 6.90. The Hall–Kier alpha value is -1.95. The molecule has 1 aromatic carbocycles. The molecule has 1 aromatic rings. The molecule has 2 N–H and O–H groups in total. The molecular formula is C15H18FNO4. The van der Waals surface area contributed by atoms with Gasteiger partial charge in [-0.05, 0) is 31.0 Å². The number of carboxylic acids is 1. The Kier molecular flexibility index (Phi) is 4.90. The fourth-order valence-electron chi connectivity index (χ4n) is 2.25. The summed E-state index contributed by atoms with van der Waals surface area (Å²) >= 11 is 0. The van der Waals surface area contributed by atoms with Crippen LogP contribution < -0.4 is 5.32 Å². The predicted octanol–water partition coefficient (Wildman–Crippen LogP) is 1.88. The van der Waals surface area contributed by atoms with E-state index in [1.165, 1.54) is 24.3 Å². The van der Waals surface area contributed by atoms with E-state index in [0.29, 0.717) is 18.6 Å². The van der Waals surface area contributed by atoms with Crippen molar-refractivity contribution in [1.29, 1.82) is 0 Å². The largest absolute Gasteiger partial charge is 0.481 e. The van der Waals surface area contributed by atoms with Gasteiger partial charge in [-0.2, -0.15) is 0 Å². The molecule has 0 aromatic heterocycles. The van der Waals surface area contributed by atoms with E-state index in [-0.39, 0.29) is 24.3 Å². The summed E-state index contributed by atoms with van der Waals surface area (Å²) < 4.78 is 18.3. The molecule has 3 atom stereocenters. The number of hydrogen-bond acceptors (Lipinski definition) is 3. The smallest absolute Gasteiger partial charge is 0.305 e. The molecular weight excluding hydrogens is 277 g/mol. The Balaban J connectivity index is 2.01. The maximum atomic E-state index is 12.9. The topological polar surface area (TPSA) is 75.6 Å². The number of halogens is 1. The minimum absolute atomic E-state index is 0.0753. The lowest BCUT2D eigenvalue weighted by atomic mass is 10.0. The van der Waals surface area contributed by atoms with Crippen LogP contribution in [0.2, 0.25) is 0 Å². The monoisotopic (exact) mass is 295 g/mol. The van der Waals surface area contributed by atoms with Gasteiger partial charge in [0, 0.05) is 6.61 Å². The van der Waals surface area contributed by atoms with Crippen molar-refractivity contribution in [2.45, 2.75) is 31.9 Å². The normalized spacial score (nSPS) is 21.6. The predicted molar refractivity (Wildman–Crippen MR) is 73.1 cm³/mol. The third-order valence-electron chi connectivity index (χ3n) is 3.42. The molecule has 1 aliphatic carbocycles. The van der Waals surface area contributed by atoms with Crippen LogP contribution in [0.4, 0.5) is 4.39 Å². The minimum atomic E-state index is -1.03. The number of hydrogen-bond donors (Lipinski definition) is 2. The van der Waals surface area contributed by atoms with Crippen molar-refractivity contribution in [3.05, 3.63) is 35.6 Å². The van der Waals surface area contributed by atoms with Crippen LogP contribution in [-0.2, 0) is 14.3 Å². The number of aliphatic carboxylic acids is 1. The summed E-state index contributed by atoms with van der Waals surface area (Å²) in [5.74, 6) is -1.87. The van der Waals surface area contributed by atoms with E-state index in [9.17, 15) is 14.0 Å². The highest BCUT2D eigenvalue weighted by atomic mass is 19.1. The van der Waals surface area contributed by atoms with E-state index in [1.807, 2.05) is 6.92 Å². The van der Waals surface area contributed by atoms with Crippen LogP contribution in [0.3, 0.4) is 0 Å². The molecule has 1 saturated carbocycles. The molecule has 0 saturated heterocycles. The molecule has 21 heavy (non-hydrogen) atoms. The lowest BCUT2D eigenvalue weighted by Crippen LogP contribution is -2.32. The number of amides is 1. The summed E-state index contributed by atoms with van der Waals surface area (Å²) in [5.41, 5.74) is 0.570. The maximum absolute atomic E-state index is 12.9. The summed E-state index contributed by atoms with van der Waals surface area (Å²) in [7, 11) is 0. The Bertz CT molecular complexity index is 517. The van der Waals surface area contributed by atoms with Crippen LogP contribution in [0, 0.1) is 11.7 Å². The van der Waals surface area contributed by atoms with Gasteiger partial charge in [-0.25, -0.2) is 4.39 Å². The van der Waals surface area contributed by atoms with Gasteiger partial charge in [-0.15, -0.1) is 0 Å². The zero-order valence-corrected chi connectivity index (χ0v) is 11.7. The molecule has 0 aliphatic heterocycles. The first-order valence-corrected chi connectivity index (χ1v) is 6.90. The van der Waals surface area contributed by atoms with Gasteiger partial charge in [-0.3, -0.25) is 9.59 Å². The lowest BCUT2D eigenvalue weighted by Gasteiger charge is -2.17. The van der Waals surface area contributed by atoms with Crippen molar-refractivity contribution in [3.8, 4) is 0 Å². The Labute approximate surface area is 122 Å². The Morgan fingerprint density at radius 1 is 1.43 bits per heavy atom. The van der Waals surface area contributed by atoms with Crippen LogP contribution in [0.25, 0.3) is 0 Å². The second-order valence-corrected chi connectivity index (χ2v) is 5.05. The molecule has 0 unspecified atom stereocenters. The van der Waals surface area contributed by atoms with Crippen LogP contribution in [0.15, 0.2) is 24.3 Å². The van der Waals surface area contributed by atoms with E-state index in [1.54, 1.807) is 0 Å². The fraction of sp³-hybridized carbons (Fsp3) is 0.467.